The van der Waals surface area contributed by atoms with Gasteiger partial charge in [0.2, 0.25) is 6.29 Å². The zero-order valence-electron chi connectivity index (χ0n) is 18.3. The number of unbranched alkanes of at least 4 members (excludes halogenated alkanes) is 2. The van der Waals surface area contributed by atoms with Gasteiger partial charge in [-0.3, -0.25) is 9.78 Å². The Balaban J connectivity index is 1.99. The second kappa shape index (κ2) is 11.5. The molecule has 0 aliphatic rings. The molecule has 0 aliphatic heterocycles. The van der Waals surface area contributed by atoms with Gasteiger partial charge in [0.15, 0.2) is 0 Å². The maximum absolute atomic E-state index is 12.4. The molecule has 0 bridgehead atoms. The van der Waals surface area contributed by atoms with Crippen molar-refractivity contribution in [3.05, 3.63) is 69.8 Å². The van der Waals surface area contributed by atoms with Gasteiger partial charge in [0.05, 0.1) is 11.1 Å². The highest BCUT2D eigenvalue weighted by atomic mass is 17.3. The highest BCUT2D eigenvalue weighted by Gasteiger charge is 2.21. The Morgan fingerprint density at radius 3 is 1.67 bits per heavy atom. The Morgan fingerprint density at radius 2 is 1.23 bits per heavy atom. The normalized spacial score (nSPS) is 10.9. The van der Waals surface area contributed by atoms with Crippen molar-refractivity contribution in [2.75, 3.05) is 0 Å². The zero-order valence-corrected chi connectivity index (χ0v) is 18.3. The summed E-state index contributed by atoms with van der Waals surface area (Å²) >= 11 is 0. The van der Waals surface area contributed by atoms with E-state index in [1.807, 2.05) is 39.8 Å². The van der Waals surface area contributed by atoms with E-state index in [0.717, 1.165) is 41.5 Å². The van der Waals surface area contributed by atoms with Crippen LogP contribution in [0.3, 0.4) is 0 Å². The van der Waals surface area contributed by atoms with Crippen LogP contribution in [0, 0.1) is 27.7 Å². The van der Waals surface area contributed by atoms with Gasteiger partial charge in [-0.2, -0.15) is 0 Å². The first kappa shape index (κ1) is 23.6. The van der Waals surface area contributed by atoms with Crippen molar-refractivity contribution in [1.29, 1.82) is 0 Å². The van der Waals surface area contributed by atoms with Gasteiger partial charge in [-0.05, 0) is 68.5 Å². The highest BCUT2D eigenvalue weighted by molar-refractivity contribution is 5.91. The first-order valence-corrected chi connectivity index (χ1v) is 10.2. The van der Waals surface area contributed by atoms with Crippen LogP contribution in [-0.4, -0.2) is 18.2 Å². The average molecular weight is 414 g/mol. The Bertz CT molecular complexity index is 806. The first-order valence-electron chi connectivity index (χ1n) is 10.2. The monoisotopic (exact) mass is 414 g/mol. The number of benzene rings is 2. The molecule has 2 aromatic rings. The minimum Gasteiger partial charge on any atom is -0.290 e. The predicted octanol–water partition coefficient (Wildman–Crippen LogP) is 5.70. The molecule has 0 radical (unpaired) electrons. The molecule has 30 heavy (non-hydrogen) atoms. The van der Waals surface area contributed by atoms with E-state index in [0.29, 0.717) is 17.5 Å². The van der Waals surface area contributed by atoms with Gasteiger partial charge in [-0.1, -0.05) is 44.0 Å². The minimum absolute atomic E-state index is 0.411. The molecule has 6 nitrogen and oxygen atoms in total. The molecule has 2 aromatic carbocycles. The van der Waals surface area contributed by atoms with E-state index >= 15 is 0 Å². The third kappa shape index (κ3) is 6.40. The Kier molecular flexibility index (Phi) is 9.02. The maximum Gasteiger partial charge on any atom is 0.373 e. The highest BCUT2D eigenvalue weighted by Crippen LogP contribution is 2.18. The lowest BCUT2D eigenvalue weighted by Crippen LogP contribution is -2.23. The third-order valence-electron chi connectivity index (χ3n) is 5.15. The molecule has 0 heterocycles. The first-order chi connectivity index (χ1) is 14.3. The van der Waals surface area contributed by atoms with Crippen LogP contribution in [0.2, 0.25) is 0 Å². The summed E-state index contributed by atoms with van der Waals surface area (Å²) in [7, 11) is 0. The Hall–Kier alpha value is -2.70. The minimum atomic E-state index is -1.01. The lowest BCUT2D eigenvalue weighted by Gasteiger charge is -2.16. The van der Waals surface area contributed by atoms with Crippen LogP contribution in [0.5, 0.6) is 0 Å². The second-order valence-electron chi connectivity index (χ2n) is 7.35. The summed E-state index contributed by atoms with van der Waals surface area (Å²) in [5, 5.41) is 0. The summed E-state index contributed by atoms with van der Waals surface area (Å²) in [5.74, 6) is -1.25. The van der Waals surface area contributed by atoms with Crippen molar-refractivity contribution in [3.8, 4) is 0 Å². The molecule has 162 valence electrons. The van der Waals surface area contributed by atoms with E-state index in [9.17, 15) is 9.59 Å². The molecule has 6 heteroatoms. The maximum atomic E-state index is 12.4. The van der Waals surface area contributed by atoms with Crippen molar-refractivity contribution in [1.82, 2.24) is 0 Å². The molecule has 0 N–H and O–H groups in total. The number of hydrogen-bond donors (Lipinski definition) is 0. The summed E-state index contributed by atoms with van der Waals surface area (Å²) < 4.78 is 0. The van der Waals surface area contributed by atoms with Crippen LogP contribution in [0.1, 0.15) is 75.6 Å². The average Bonchev–Trinajstić information content (AvgIpc) is 2.73. The molecular formula is C24H30O6. The van der Waals surface area contributed by atoms with Gasteiger partial charge >= 0.3 is 11.9 Å². The van der Waals surface area contributed by atoms with Gasteiger partial charge in [0.25, 0.3) is 0 Å². The molecule has 2 rings (SSSR count). The van der Waals surface area contributed by atoms with Crippen molar-refractivity contribution in [2.45, 2.75) is 66.6 Å². The van der Waals surface area contributed by atoms with Crippen LogP contribution >= 0.6 is 0 Å². The molecule has 0 unspecified atom stereocenters. The fourth-order valence-electron chi connectivity index (χ4n) is 2.90. The van der Waals surface area contributed by atoms with Crippen LogP contribution < -0.4 is 0 Å². The van der Waals surface area contributed by atoms with Crippen LogP contribution in [0.4, 0.5) is 0 Å². The van der Waals surface area contributed by atoms with Gasteiger partial charge in [0, 0.05) is 6.42 Å². The van der Waals surface area contributed by atoms with Gasteiger partial charge < -0.3 is 0 Å². The number of rotatable bonds is 10. The Labute approximate surface area is 178 Å². The fraction of sp³-hybridized carbons (Fsp3) is 0.417. The molecule has 0 fully saturated rings. The molecular weight excluding hydrogens is 384 g/mol. The van der Waals surface area contributed by atoms with Crippen molar-refractivity contribution in [2.24, 2.45) is 0 Å². The molecule has 0 atom stereocenters. The topological polar surface area (TPSA) is 71.1 Å². The predicted molar refractivity (Wildman–Crippen MR) is 113 cm³/mol. The number of carbonyl (C=O) groups is 2. The summed E-state index contributed by atoms with van der Waals surface area (Å²) in [6, 6.07) is 10.7. The van der Waals surface area contributed by atoms with Gasteiger partial charge in [-0.15, -0.1) is 9.78 Å². The summed E-state index contributed by atoms with van der Waals surface area (Å²) in [6.07, 6.45) is 2.10. The van der Waals surface area contributed by atoms with Crippen molar-refractivity contribution >= 4 is 11.9 Å². The van der Waals surface area contributed by atoms with E-state index < -0.39 is 18.2 Å². The van der Waals surface area contributed by atoms with Crippen molar-refractivity contribution < 1.29 is 29.1 Å². The van der Waals surface area contributed by atoms with E-state index in [-0.39, 0.29) is 0 Å². The summed E-state index contributed by atoms with van der Waals surface area (Å²) in [5.41, 5.74) is 4.40. The van der Waals surface area contributed by atoms with Crippen LogP contribution in [0.25, 0.3) is 0 Å². The lowest BCUT2D eigenvalue weighted by atomic mass is 10.0. The van der Waals surface area contributed by atoms with E-state index in [1.54, 1.807) is 24.3 Å². The van der Waals surface area contributed by atoms with Crippen LogP contribution in [-0.2, 0) is 19.6 Å². The van der Waals surface area contributed by atoms with Crippen molar-refractivity contribution in [3.63, 3.8) is 0 Å². The smallest absolute Gasteiger partial charge is 0.290 e. The summed E-state index contributed by atoms with van der Waals surface area (Å²) in [6.45, 7) is 9.57. The number of carbonyl (C=O) groups excluding carboxylic acids is 2. The molecule has 0 aliphatic carbocycles. The lowest BCUT2D eigenvalue weighted by molar-refractivity contribution is -0.421. The second-order valence-corrected chi connectivity index (χ2v) is 7.35. The molecule has 0 amide bonds. The molecule has 0 spiro atoms. The standard InChI is InChI=1S/C24H30O6/c1-6-7-8-15-22(27-29-23(25)20-13-9-11-16(2)18(20)4)28-30-24(26)21-14-10-12-17(3)19(21)5/h9-14,22H,6-8,15H2,1-5H3. The Morgan fingerprint density at radius 1 is 0.767 bits per heavy atom. The van der Waals surface area contributed by atoms with E-state index in [1.165, 1.54) is 0 Å². The third-order valence-corrected chi connectivity index (χ3v) is 5.15. The molecule has 0 saturated heterocycles. The largest absolute Gasteiger partial charge is 0.373 e. The van der Waals surface area contributed by atoms with E-state index in [2.05, 4.69) is 6.92 Å². The summed E-state index contributed by atoms with van der Waals surface area (Å²) in [4.78, 5) is 45.1. The SMILES string of the molecule is CCCCCC(OOC(=O)c1cccc(C)c1C)OOC(=O)c1cccc(C)c1C. The molecule has 0 aromatic heterocycles. The fourth-order valence-corrected chi connectivity index (χ4v) is 2.90. The van der Waals surface area contributed by atoms with E-state index in [4.69, 9.17) is 19.6 Å². The number of hydrogen-bond acceptors (Lipinski definition) is 6. The van der Waals surface area contributed by atoms with Gasteiger partial charge in [-0.25, -0.2) is 9.59 Å². The molecule has 0 saturated carbocycles. The number of aryl methyl sites for hydroxylation is 2. The van der Waals surface area contributed by atoms with Crippen LogP contribution in [0.15, 0.2) is 36.4 Å². The van der Waals surface area contributed by atoms with Gasteiger partial charge in [0.1, 0.15) is 0 Å². The zero-order chi connectivity index (χ0) is 22.1. The quantitative estimate of drug-likeness (QED) is 0.215.